The minimum atomic E-state index is -0.310. The molecule has 2 aromatic rings. The lowest BCUT2D eigenvalue weighted by Gasteiger charge is -2.14. The molecule has 0 saturated heterocycles. The highest BCUT2D eigenvalue weighted by molar-refractivity contribution is 7.98. The molecule has 0 aliphatic carbocycles. The highest BCUT2D eigenvalue weighted by Gasteiger charge is 2.17. The molecule has 0 spiro atoms. The molecule has 1 N–H and O–H groups in total. The van der Waals surface area contributed by atoms with Gasteiger partial charge in [0.25, 0.3) is 5.91 Å². The molecule has 0 radical (unpaired) electrons. The average molecular weight is 382 g/mol. The number of ether oxygens (including phenoxy) is 2. The number of rotatable bonds is 7. The van der Waals surface area contributed by atoms with Crippen LogP contribution in [0.5, 0.6) is 11.5 Å². The summed E-state index contributed by atoms with van der Waals surface area (Å²) in [6, 6.07) is 3.21. The summed E-state index contributed by atoms with van der Waals surface area (Å²) in [4.78, 5) is 21.4. The lowest BCUT2D eigenvalue weighted by molar-refractivity contribution is 0.102. The van der Waals surface area contributed by atoms with Crippen LogP contribution in [-0.4, -0.2) is 36.4 Å². The van der Waals surface area contributed by atoms with Gasteiger partial charge in [0.2, 0.25) is 0 Å². The molecule has 25 heavy (non-hydrogen) atoms. The first-order chi connectivity index (χ1) is 12.0. The van der Waals surface area contributed by atoms with Crippen LogP contribution in [-0.2, 0) is 6.42 Å². The molecule has 1 aromatic carbocycles. The maximum absolute atomic E-state index is 12.7. The molecule has 0 aliphatic rings. The molecule has 1 amide bonds. The highest BCUT2D eigenvalue weighted by atomic mass is 35.5. The Kier molecular flexibility index (Phi) is 6.90. The van der Waals surface area contributed by atoms with Crippen LogP contribution < -0.4 is 14.8 Å². The van der Waals surface area contributed by atoms with Crippen molar-refractivity contribution in [1.29, 1.82) is 0 Å². The molecule has 134 valence electrons. The molecule has 1 heterocycles. The number of aromatic nitrogens is 2. The van der Waals surface area contributed by atoms with E-state index in [4.69, 9.17) is 21.1 Å². The van der Waals surface area contributed by atoms with Crippen molar-refractivity contribution in [3.05, 3.63) is 34.6 Å². The fraction of sp³-hybridized carbons (Fsp3) is 0.353. The van der Waals surface area contributed by atoms with Crippen molar-refractivity contribution < 1.29 is 14.3 Å². The Morgan fingerprint density at radius 1 is 1.28 bits per heavy atom. The maximum atomic E-state index is 12.7. The maximum Gasteiger partial charge on any atom is 0.259 e. The smallest absolute Gasteiger partial charge is 0.259 e. The number of anilines is 1. The van der Waals surface area contributed by atoms with Gasteiger partial charge in [-0.05, 0) is 18.7 Å². The van der Waals surface area contributed by atoms with Gasteiger partial charge >= 0.3 is 0 Å². The van der Waals surface area contributed by atoms with Gasteiger partial charge in [-0.15, -0.1) is 0 Å². The Hall–Kier alpha value is -1.99. The fourth-order valence-corrected chi connectivity index (χ4v) is 2.86. The Labute approximate surface area is 156 Å². The SMILES string of the molecule is CCCc1nc(SC)ncc1C(=O)Nc1cc(Cl)c(OC)cc1OC. The molecule has 8 heteroatoms. The molecule has 0 fully saturated rings. The van der Waals surface area contributed by atoms with Crippen LogP contribution in [0.2, 0.25) is 5.02 Å². The number of nitrogens with one attached hydrogen (secondary N) is 1. The number of hydrogen-bond donors (Lipinski definition) is 1. The third kappa shape index (κ3) is 4.55. The van der Waals surface area contributed by atoms with Crippen molar-refractivity contribution in [2.45, 2.75) is 24.9 Å². The topological polar surface area (TPSA) is 73.3 Å². The minimum absolute atomic E-state index is 0.310. The van der Waals surface area contributed by atoms with Crippen LogP contribution in [0.4, 0.5) is 5.69 Å². The van der Waals surface area contributed by atoms with Gasteiger partial charge in [0.05, 0.1) is 36.2 Å². The number of halogens is 1. The summed E-state index contributed by atoms with van der Waals surface area (Å²) in [6.45, 7) is 2.04. The molecule has 0 saturated carbocycles. The van der Waals surface area contributed by atoms with E-state index in [1.807, 2.05) is 13.2 Å². The van der Waals surface area contributed by atoms with Gasteiger partial charge in [-0.25, -0.2) is 9.97 Å². The largest absolute Gasteiger partial charge is 0.495 e. The summed E-state index contributed by atoms with van der Waals surface area (Å²) in [7, 11) is 3.03. The predicted octanol–water partition coefficient (Wildman–Crippen LogP) is 4.07. The van der Waals surface area contributed by atoms with Crippen LogP contribution in [0.1, 0.15) is 29.4 Å². The van der Waals surface area contributed by atoms with Crippen molar-refractivity contribution in [3.8, 4) is 11.5 Å². The van der Waals surface area contributed by atoms with Gasteiger partial charge in [-0.1, -0.05) is 36.7 Å². The second-order valence-corrected chi connectivity index (χ2v) is 6.29. The number of benzene rings is 1. The van der Waals surface area contributed by atoms with E-state index in [9.17, 15) is 4.79 Å². The summed E-state index contributed by atoms with van der Waals surface area (Å²) < 4.78 is 10.5. The first kappa shape index (κ1) is 19.3. The second kappa shape index (κ2) is 8.92. The van der Waals surface area contributed by atoms with Crippen LogP contribution in [0.15, 0.2) is 23.5 Å². The van der Waals surface area contributed by atoms with Crippen LogP contribution >= 0.6 is 23.4 Å². The molecule has 0 bridgehead atoms. The number of nitrogens with zero attached hydrogens (tertiary/aromatic N) is 2. The third-order valence-corrected chi connectivity index (χ3v) is 4.34. The number of carbonyl (C=O) groups is 1. The van der Waals surface area contributed by atoms with Gasteiger partial charge in [0.15, 0.2) is 5.16 Å². The molecule has 6 nitrogen and oxygen atoms in total. The van der Waals surface area contributed by atoms with Crippen molar-refractivity contribution in [2.75, 3.05) is 25.8 Å². The van der Waals surface area contributed by atoms with Gasteiger partial charge in [0, 0.05) is 12.3 Å². The molecule has 0 atom stereocenters. The zero-order chi connectivity index (χ0) is 18.4. The summed E-state index contributed by atoms with van der Waals surface area (Å²) in [5, 5.41) is 3.84. The zero-order valence-electron chi connectivity index (χ0n) is 14.6. The Morgan fingerprint density at radius 3 is 2.60 bits per heavy atom. The van der Waals surface area contributed by atoms with Crippen LogP contribution in [0, 0.1) is 0 Å². The monoisotopic (exact) mass is 381 g/mol. The van der Waals surface area contributed by atoms with E-state index in [-0.39, 0.29) is 5.91 Å². The van der Waals surface area contributed by atoms with Crippen LogP contribution in [0.25, 0.3) is 0 Å². The molecular weight excluding hydrogens is 362 g/mol. The van der Waals surface area contributed by atoms with E-state index < -0.39 is 0 Å². The van der Waals surface area contributed by atoms with E-state index in [1.54, 1.807) is 18.3 Å². The quantitative estimate of drug-likeness (QED) is 0.575. The number of thioether (sulfide) groups is 1. The van der Waals surface area contributed by atoms with Gasteiger partial charge in [0.1, 0.15) is 11.5 Å². The van der Waals surface area contributed by atoms with Gasteiger partial charge in [-0.3, -0.25) is 4.79 Å². The molecule has 0 aliphatic heterocycles. The summed E-state index contributed by atoms with van der Waals surface area (Å²) in [6.07, 6.45) is 5.02. The summed E-state index contributed by atoms with van der Waals surface area (Å²) in [5.41, 5.74) is 1.61. The van der Waals surface area contributed by atoms with E-state index in [0.717, 1.165) is 12.1 Å². The molecule has 1 aromatic heterocycles. The van der Waals surface area contributed by atoms with E-state index in [1.165, 1.54) is 26.0 Å². The molecular formula is C17H20ClN3O3S. The molecule has 2 rings (SSSR count). The minimum Gasteiger partial charge on any atom is -0.495 e. The van der Waals surface area contributed by atoms with Crippen LogP contribution in [0.3, 0.4) is 0 Å². The van der Waals surface area contributed by atoms with Crippen molar-refractivity contribution in [3.63, 3.8) is 0 Å². The van der Waals surface area contributed by atoms with Gasteiger partial charge in [-0.2, -0.15) is 0 Å². The fourth-order valence-electron chi connectivity index (χ4n) is 2.26. The van der Waals surface area contributed by atoms with Gasteiger partial charge < -0.3 is 14.8 Å². The first-order valence-electron chi connectivity index (χ1n) is 7.66. The number of amides is 1. The van der Waals surface area contributed by atoms with E-state index >= 15 is 0 Å². The van der Waals surface area contributed by atoms with Crippen molar-refractivity contribution in [2.24, 2.45) is 0 Å². The lowest BCUT2D eigenvalue weighted by Crippen LogP contribution is -2.17. The normalized spacial score (nSPS) is 10.4. The Bertz CT molecular complexity index is 771. The summed E-state index contributed by atoms with van der Waals surface area (Å²) >= 11 is 7.59. The average Bonchev–Trinajstić information content (AvgIpc) is 2.62. The first-order valence-corrected chi connectivity index (χ1v) is 9.27. The summed E-state index contributed by atoms with van der Waals surface area (Å²) in [5.74, 6) is 0.611. The molecule has 0 unspecified atom stereocenters. The number of methoxy groups -OCH3 is 2. The van der Waals surface area contributed by atoms with E-state index in [2.05, 4.69) is 15.3 Å². The Morgan fingerprint density at radius 2 is 2.00 bits per heavy atom. The zero-order valence-corrected chi connectivity index (χ0v) is 16.1. The predicted molar refractivity (Wildman–Crippen MR) is 100 cm³/mol. The van der Waals surface area contributed by atoms with Crippen molar-refractivity contribution in [1.82, 2.24) is 9.97 Å². The third-order valence-electron chi connectivity index (χ3n) is 3.48. The highest BCUT2D eigenvalue weighted by Crippen LogP contribution is 2.36. The standard InChI is InChI=1S/C17H20ClN3O3S/c1-5-6-12-10(9-19-17(21-12)25-4)16(22)20-13-7-11(18)14(23-2)8-15(13)24-3/h7-9H,5-6H2,1-4H3,(H,20,22). The second-order valence-electron chi connectivity index (χ2n) is 5.11. The number of hydrogen-bond acceptors (Lipinski definition) is 6. The Balaban J connectivity index is 2.35. The number of aryl methyl sites for hydroxylation is 1. The van der Waals surface area contributed by atoms with E-state index in [0.29, 0.717) is 39.3 Å². The van der Waals surface area contributed by atoms with Crippen molar-refractivity contribution >= 4 is 35.0 Å². The lowest BCUT2D eigenvalue weighted by atomic mass is 10.1. The number of carbonyl (C=O) groups excluding carboxylic acids is 1.